The van der Waals surface area contributed by atoms with E-state index in [0.29, 0.717) is 5.56 Å². The molecule has 1 aromatic rings. The van der Waals surface area contributed by atoms with E-state index in [-0.39, 0.29) is 29.6 Å². The second-order valence-electron chi connectivity index (χ2n) is 6.45. The standard InChI is InChI=1S/C16H19N3O4S.Na/c1-16(2)11(15(22)23)19-13(21)10(14(19)24-16)18-12(20)9(17)8-6-4-3-5-7-8;/h3-7,9-11,14H,17H2,1-2H3,(H,18,20)(H,22,23);/q;+1/p-1/t9?,10?,11-,14+;/m0./s1. The monoisotopic (exact) mass is 371 g/mol. The van der Waals surface area contributed by atoms with Gasteiger partial charge in [-0.25, -0.2) is 0 Å². The molecule has 2 amide bonds. The molecule has 2 aliphatic rings. The molecule has 0 aromatic heterocycles. The molecule has 2 saturated heterocycles. The van der Waals surface area contributed by atoms with Crippen molar-refractivity contribution in [2.45, 2.75) is 42.1 Å². The van der Waals surface area contributed by atoms with Crippen molar-refractivity contribution in [1.29, 1.82) is 0 Å². The minimum absolute atomic E-state index is 0. The molecule has 9 heteroatoms. The van der Waals surface area contributed by atoms with Crippen molar-refractivity contribution >= 4 is 29.5 Å². The normalized spacial score (nSPS) is 27.6. The van der Waals surface area contributed by atoms with E-state index in [1.165, 1.54) is 16.7 Å². The topological polar surface area (TPSA) is 116 Å². The van der Waals surface area contributed by atoms with Crippen molar-refractivity contribution in [3.8, 4) is 0 Å². The van der Waals surface area contributed by atoms with Crippen molar-refractivity contribution in [3.05, 3.63) is 35.9 Å². The van der Waals surface area contributed by atoms with Crippen LogP contribution in [0.3, 0.4) is 0 Å². The van der Waals surface area contributed by atoms with E-state index in [1.807, 2.05) is 6.07 Å². The molecule has 2 fully saturated rings. The van der Waals surface area contributed by atoms with E-state index in [2.05, 4.69) is 5.32 Å². The molecule has 0 saturated carbocycles. The number of β-lactam (4-membered cyclic amide) rings is 1. The molecule has 0 spiro atoms. The minimum Gasteiger partial charge on any atom is -0.548 e. The van der Waals surface area contributed by atoms with Crippen molar-refractivity contribution in [1.82, 2.24) is 10.2 Å². The van der Waals surface area contributed by atoms with Crippen molar-refractivity contribution in [2.75, 3.05) is 0 Å². The number of hydrogen-bond donors (Lipinski definition) is 2. The molecule has 0 radical (unpaired) electrons. The number of benzene rings is 1. The van der Waals surface area contributed by atoms with Gasteiger partial charge in [-0.2, -0.15) is 0 Å². The van der Waals surface area contributed by atoms with Crippen LogP contribution in [0.15, 0.2) is 30.3 Å². The van der Waals surface area contributed by atoms with Crippen LogP contribution >= 0.6 is 11.8 Å². The summed E-state index contributed by atoms with van der Waals surface area (Å²) in [6, 6.07) is 6.19. The fourth-order valence-corrected chi connectivity index (χ4v) is 4.80. The van der Waals surface area contributed by atoms with Gasteiger partial charge in [0.2, 0.25) is 11.8 Å². The van der Waals surface area contributed by atoms with Crippen LogP contribution in [0, 0.1) is 0 Å². The molecule has 1 aromatic carbocycles. The first kappa shape index (κ1) is 20.3. The number of nitrogens with one attached hydrogen (secondary N) is 1. The van der Waals surface area contributed by atoms with Gasteiger partial charge in [0.25, 0.3) is 0 Å². The fraction of sp³-hybridized carbons (Fsp3) is 0.438. The maximum atomic E-state index is 12.3. The average Bonchev–Trinajstić information content (AvgIpc) is 2.80. The van der Waals surface area contributed by atoms with Crippen LogP contribution in [0.4, 0.5) is 0 Å². The molecule has 25 heavy (non-hydrogen) atoms. The van der Waals surface area contributed by atoms with Gasteiger partial charge in [0, 0.05) is 4.75 Å². The number of rotatable bonds is 4. The molecule has 4 atom stereocenters. The van der Waals surface area contributed by atoms with E-state index in [9.17, 15) is 19.5 Å². The fourth-order valence-electron chi connectivity index (χ4n) is 3.18. The number of carboxylic acids is 1. The van der Waals surface area contributed by atoms with Crippen LogP contribution in [-0.4, -0.2) is 44.9 Å². The summed E-state index contributed by atoms with van der Waals surface area (Å²) in [5.41, 5.74) is 6.57. The molecule has 2 heterocycles. The zero-order valence-electron chi connectivity index (χ0n) is 14.3. The third-order valence-corrected chi connectivity index (χ3v) is 5.97. The number of nitrogens with zero attached hydrogens (tertiary/aromatic N) is 1. The van der Waals surface area contributed by atoms with Crippen LogP contribution in [0.1, 0.15) is 25.5 Å². The van der Waals surface area contributed by atoms with Gasteiger partial charge in [-0.15, -0.1) is 11.8 Å². The number of carbonyl (C=O) groups is 3. The average molecular weight is 371 g/mol. The van der Waals surface area contributed by atoms with Gasteiger partial charge in [0.15, 0.2) is 0 Å². The maximum Gasteiger partial charge on any atom is 1.00 e. The zero-order chi connectivity index (χ0) is 17.6. The minimum atomic E-state index is -1.28. The molecule has 2 aliphatic heterocycles. The Hall–Kier alpha value is -1.06. The maximum absolute atomic E-state index is 12.3. The number of hydrogen-bond acceptors (Lipinski definition) is 6. The quantitative estimate of drug-likeness (QED) is 0.412. The summed E-state index contributed by atoms with van der Waals surface area (Å²) >= 11 is 1.34. The van der Waals surface area contributed by atoms with Gasteiger partial charge >= 0.3 is 29.6 Å². The molecular formula is C16H18N3NaO4S. The number of fused-ring (bicyclic) bond motifs is 1. The Morgan fingerprint density at radius 2 is 1.92 bits per heavy atom. The first-order chi connectivity index (χ1) is 11.2. The molecular weight excluding hydrogens is 353 g/mol. The first-order valence-corrected chi connectivity index (χ1v) is 8.44. The second-order valence-corrected chi connectivity index (χ2v) is 8.22. The van der Waals surface area contributed by atoms with Crippen LogP contribution < -0.4 is 45.7 Å². The predicted molar refractivity (Wildman–Crippen MR) is 86.4 cm³/mol. The van der Waals surface area contributed by atoms with Crippen molar-refractivity contribution in [3.63, 3.8) is 0 Å². The summed E-state index contributed by atoms with van der Waals surface area (Å²) in [6.45, 7) is 3.50. The zero-order valence-corrected chi connectivity index (χ0v) is 17.1. The summed E-state index contributed by atoms with van der Waals surface area (Å²) in [5.74, 6) is -2.16. The first-order valence-electron chi connectivity index (χ1n) is 7.56. The van der Waals surface area contributed by atoms with E-state index in [1.54, 1.807) is 38.1 Å². The van der Waals surface area contributed by atoms with Crippen LogP contribution in [0.25, 0.3) is 0 Å². The Kier molecular flexibility index (Phi) is 5.90. The van der Waals surface area contributed by atoms with Gasteiger partial charge in [-0.1, -0.05) is 30.3 Å². The summed E-state index contributed by atoms with van der Waals surface area (Å²) < 4.78 is -0.680. The number of thioether (sulfide) groups is 1. The molecule has 2 unspecified atom stereocenters. The van der Waals surface area contributed by atoms with Crippen LogP contribution in [0.5, 0.6) is 0 Å². The van der Waals surface area contributed by atoms with Crippen LogP contribution in [0.2, 0.25) is 0 Å². The summed E-state index contributed by atoms with van der Waals surface area (Å²) in [6.07, 6.45) is 0. The van der Waals surface area contributed by atoms with E-state index >= 15 is 0 Å². The Morgan fingerprint density at radius 1 is 1.32 bits per heavy atom. The summed E-state index contributed by atoms with van der Waals surface area (Å²) in [7, 11) is 0. The Morgan fingerprint density at radius 3 is 2.48 bits per heavy atom. The van der Waals surface area contributed by atoms with Gasteiger partial charge in [0.05, 0.1) is 12.0 Å². The Bertz CT molecular complexity index is 700. The van der Waals surface area contributed by atoms with Crippen molar-refractivity contribution in [2.24, 2.45) is 5.73 Å². The number of aliphatic carboxylic acids is 1. The Labute approximate surface area is 172 Å². The smallest absolute Gasteiger partial charge is 0.548 e. The molecule has 7 nitrogen and oxygen atoms in total. The van der Waals surface area contributed by atoms with E-state index in [4.69, 9.17) is 5.73 Å². The van der Waals surface area contributed by atoms with E-state index in [0.717, 1.165) is 0 Å². The molecule has 3 N–H and O–H groups in total. The molecule has 128 valence electrons. The summed E-state index contributed by atoms with van der Waals surface area (Å²) in [5, 5.41) is 13.6. The SMILES string of the molecule is CC1(C)S[C@@H]2C(NC(=O)C(N)c3ccccc3)C(=O)N2[C@H]1C(=O)[O-].[Na+]. The predicted octanol–water partition coefficient (Wildman–Crippen LogP) is -4.01. The summed E-state index contributed by atoms with van der Waals surface area (Å²) in [4.78, 5) is 37.2. The van der Waals surface area contributed by atoms with Gasteiger partial charge in [-0.05, 0) is 19.4 Å². The second kappa shape index (κ2) is 7.28. The van der Waals surface area contributed by atoms with Gasteiger partial charge in [0.1, 0.15) is 17.5 Å². The van der Waals surface area contributed by atoms with E-state index < -0.39 is 46.0 Å². The van der Waals surface area contributed by atoms with Crippen LogP contribution in [-0.2, 0) is 14.4 Å². The third kappa shape index (κ3) is 3.46. The number of amides is 2. The number of carboxylic acid groups (broad SMARTS) is 1. The molecule has 3 rings (SSSR count). The Balaban J connectivity index is 0.00000225. The number of nitrogens with two attached hydrogens (primary N) is 1. The molecule has 0 bridgehead atoms. The third-order valence-electron chi connectivity index (χ3n) is 4.40. The van der Waals surface area contributed by atoms with Crippen molar-refractivity contribution < 1.29 is 49.0 Å². The van der Waals surface area contributed by atoms with Gasteiger partial charge in [-0.3, -0.25) is 9.59 Å². The number of carbonyl (C=O) groups excluding carboxylic acids is 3. The molecule has 0 aliphatic carbocycles. The van der Waals surface area contributed by atoms with Gasteiger partial charge < -0.3 is 25.9 Å². The largest absolute Gasteiger partial charge is 1.00 e.